The van der Waals surface area contributed by atoms with E-state index in [9.17, 15) is 15.2 Å². The van der Waals surface area contributed by atoms with Gasteiger partial charge < -0.3 is 24.5 Å². The number of likely N-dealkylation sites (tertiary alicyclic amines) is 1. The molecule has 1 aromatic carbocycles. The lowest BCUT2D eigenvalue weighted by Crippen LogP contribution is -2.55. The number of nitrogens with zero attached hydrogens (tertiary/aromatic N) is 7. The lowest BCUT2D eigenvalue weighted by Gasteiger charge is -2.41. The van der Waals surface area contributed by atoms with Crippen LogP contribution in [-0.2, 0) is 24.3 Å². The monoisotopic (exact) mass is 573 g/mol. The molecule has 1 amide bonds. The highest BCUT2D eigenvalue weighted by molar-refractivity contribution is 5.93. The van der Waals surface area contributed by atoms with E-state index in [-0.39, 0.29) is 30.5 Å². The molecule has 0 radical (unpaired) electrons. The summed E-state index contributed by atoms with van der Waals surface area (Å²) in [6.45, 7) is 13.1. The fraction of sp³-hybridized carbons (Fsp3) is 0.562. The quantitative estimate of drug-likeness (QED) is 0.453. The minimum atomic E-state index is -0.385. The number of piperazine rings is 1. The Morgan fingerprint density at radius 2 is 2.02 bits per heavy atom. The van der Waals surface area contributed by atoms with Crippen molar-refractivity contribution in [1.82, 2.24) is 24.7 Å². The Morgan fingerprint density at radius 1 is 1.19 bits per heavy atom. The van der Waals surface area contributed by atoms with E-state index in [1.165, 1.54) is 28.8 Å². The molecule has 2 atom stereocenters. The van der Waals surface area contributed by atoms with Gasteiger partial charge in [0.2, 0.25) is 0 Å². The number of carbonyl (C=O) groups is 1. The molecule has 1 N–H and O–H groups in total. The van der Waals surface area contributed by atoms with Crippen molar-refractivity contribution in [3.63, 3.8) is 0 Å². The van der Waals surface area contributed by atoms with Gasteiger partial charge in [-0.2, -0.15) is 15.2 Å². The summed E-state index contributed by atoms with van der Waals surface area (Å²) < 4.78 is 6.26. The summed E-state index contributed by atoms with van der Waals surface area (Å²) in [5.41, 5.74) is 7.09. The Bertz CT molecular complexity index is 1360. The van der Waals surface area contributed by atoms with Crippen LogP contribution in [0.5, 0.6) is 6.01 Å². The first-order valence-corrected chi connectivity index (χ1v) is 15.0. The number of benzene rings is 1. The summed E-state index contributed by atoms with van der Waals surface area (Å²) in [6.07, 6.45) is 3.34. The van der Waals surface area contributed by atoms with Crippen molar-refractivity contribution in [2.24, 2.45) is 0 Å². The van der Waals surface area contributed by atoms with Gasteiger partial charge in [-0.3, -0.25) is 9.69 Å². The minimum absolute atomic E-state index is 0.152. The van der Waals surface area contributed by atoms with Crippen LogP contribution in [-0.4, -0.2) is 101 Å². The van der Waals surface area contributed by atoms with Gasteiger partial charge in [0.25, 0.3) is 5.91 Å². The maximum Gasteiger partial charge on any atom is 0.317 e. The number of anilines is 1. The second-order valence-corrected chi connectivity index (χ2v) is 11.9. The topological polar surface area (TPSA) is 109 Å². The van der Waals surface area contributed by atoms with E-state index >= 15 is 0 Å². The van der Waals surface area contributed by atoms with Crippen molar-refractivity contribution in [3.05, 3.63) is 58.4 Å². The molecule has 42 heavy (non-hydrogen) atoms. The number of ether oxygens (including phenoxy) is 1. The average molecular weight is 574 g/mol. The third-order valence-electron chi connectivity index (χ3n) is 9.14. The predicted octanol–water partition coefficient (Wildman–Crippen LogP) is 2.60. The number of likely N-dealkylation sites (N-methyl/N-ethyl adjacent to an activating group) is 1. The molecule has 10 heteroatoms. The summed E-state index contributed by atoms with van der Waals surface area (Å²) in [5.74, 6) is -0.282. The summed E-state index contributed by atoms with van der Waals surface area (Å²) in [6, 6.07) is 9.20. The molecule has 2 aromatic rings. The second kappa shape index (κ2) is 13.2. The molecule has 0 bridgehead atoms. The number of fused-ring (bicyclic) bond motifs is 1. The molecular weight excluding hydrogens is 530 g/mol. The van der Waals surface area contributed by atoms with E-state index in [1.807, 2.05) is 0 Å². The molecule has 3 aliphatic rings. The van der Waals surface area contributed by atoms with Crippen LogP contribution in [0.3, 0.4) is 0 Å². The standard InChI is InChI=1S/C32H43N7O3/c1-22-7-5-9-30(24(22)3)38-14-11-27-28(34-32(35-29(27)19-38)42-21-26-8-6-13-36(26)4)18-37-15-16-39(25(17-37)10-12-33)31(41)23(2)20-40/h5,7,9,25-26,40H,2,6,8,10-11,13-21H2,1,3-4H3/t25-,26-/m0/s1. The molecule has 1 aromatic heterocycles. The third-order valence-corrected chi connectivity index (χ3v) is 9.14. The summed E-state index contributed by atoms with van der Waals surface area (Å²) >= 11 is 0. The molecule has 5 rings (SSSR count). The minimum Gasteiger partial charge on any atom is -0.462 e. The number of amides is 1. The van der Waals surface area contributed by atoms with Crippen molar-refractivity contribution in [1.29, 1.82) is 5.26 Å². The first-order valence-electron chi connectivity index (χ1n) is 15.0. The normalized spacial score (nSPS) is 21.2. The number of rotatable bonds is 9. The zero-order valence-electron chi connectivity index (χ0n) is 25.2. The number of hydrogen-bond acceptors (Lipinski definition) is 9. The molecule has 2 fully saturated rings. The number of aliphatic hydroxyl groups is 1. The maximum atomic E-state index is 12.8. The van der Waals surface area contributed by atoms with Crippen LogP contribution in [0.1, 0.15) is 47.3 Å². The van der Waals surface area contributed by atoms with Crippen LogP contribution in [0.15, 0.2) is 30.4 Å². The van der Waals surface area contributed by atoms with E-state index in [2.05, 4.69) is 66.4 Å². The molecule has 0 unspecified atom stereocenters. The highest BCUT2D eigenvalue weighted by atomic mass is 16.5. The van der Waals surface area contributed by atoms with Gasteiger partial charge in [0.05, 0.1) is 43.1 Å². The largest absolute Gasteiger partial charge is 0.462 e. The van der Waals surface area contributed by atoms with E-state index in [4.69, 9.17) is 14.7 Å². The smallest absolute Gasteiger partial charge is 0.317 e. The molecule has 10 nitrogen and oxygen atoms in total. The fourth-order valence-electron chi connectivity index (χ4n) is 6.42. The fourth-order valence-corrected chi connectivity index (χ4v) is 6.42. The van der Waals surface area contributed by atoms with Crippen LogP contribution in [0.4, 0.5) is 5.69 Å². The number of aryl methyl sites for hydroxylation is 1. The zero-order valence-corrected chi connectivity index (χ0v) is 25.2. The molecule has 224 valence electrons. The van der Waals surface area contributed by atoms with Gasteiger partial charge in [-0.1, -0.05) is 18.7 Å². The Labute approximate surface area is 249 Å². The summed E-state index contributed by atoms with van der Waals surface area (Å²) in [4.78, 5) is 31.4. The number of aromatic nitrogens is 2. The highest BCUT2D eigenvalue weighted by Gasteiger charge is 2.33. The SMILES string of the molecule is C=C(CO)C(=O)N1CCN(Cc2nc(OC[C@@H]3CCCN3C)nc3c2CCN(c2cccc(C)c2C)C3)C[C@@H]1CC#N. The van der Waals surface area contributed by atoms with Crippen LogP contribution in [0, 0.1) is 25.2 Å². The molecule has 2 saturated heterocycles. The molecule has 0 spiro atoms. The molecule has 0 aliphatic carbocycles. The van der Waals surface area contributed by atoms with Gasteiger partial charge in [0, 0.05) is 55.6 Å². The van der Waals surface area contributed by atoms with E-state index < -0.39 is 0 Å². The highest BCUT2D eigenvalue weighted by Crippen LogP contribution is 2.31. The lowest BCUT2D eigenvalue weighted by atomic mass is 9.99. The first kappa shape index (κ1) is 30.0. The second-order valence-electron chi connectivity index (χ2n) is 11.9. The van der Waals surface area contributed by atoms with Crippen molar-refractivity contribution in [2.45, 2.75) is 64.7 Å². The van der Waals surface area contributed by atoms with E-state index in [1.54, 1.807) is 4.90 Å². The van der Waals surface area contributed by atoms with Crippen LogP contribution in [0.25, 0.3) is 0 Å². The van der Waals surface area contributed by atoms with Crippen molar-refractivity contribution in [2.75, 3.05) is 57.9 Å². The molecular formula is C32H43N7O3. The number of hydrogen-bond donors (Lipinski definition) is 1. The van der Waals surface area contributed by atoms with Crippen molar-refractivity contribution < 1.29 is 14.6 Å². The summed E-state index contributed by atoms with van der Waals surface area (Å²) in [7, 11) is 2.14. The van der Waals surface area contributed by atoms with Crippen molar-refractivity contribution in [3.8, 4) is 12.1 Å². The van der Waals surface area contributed by atoms with Gasteiger partial charge in [0.1, 0.15) is 6.61 Å². The number of nitriles is 1. The Hall–Kier alpha value is -3.52. The average Bonchev–Trinajstić information content (AvgIpc) is 3.41. The van der Waals surface area contributed by atoms with Crippen LogP contribution in [0.2, 0.25) is 0 Å². The Kier molecular flexibility index (Phi) is 9.41. The molecule has 0 saturated carbocycles. The zero-order chi connectivity index (χ0) is 29.8. The van der Waals surface area contributed by atoms with Gasteiger partial charge in [0.15, 0.2) is 0 Å². The van der Waals surface area contributed by atoms with Crippen LogP contribution >= 0.6 is 0 Å². The first-order chi connectivity index (χ1) is 20.3. The van der Waals surface area contributed by atoms with Crippen molar-refractivity contribution >= 4 is 11.6 Å². The summed E-state index contributed by atoms with van der Waals surface area (Å²) in [5, 5.41) is 18.9. The number of carbonyl (C=O) groups excluding carboxylic acids is 1. The maximum absolute atomic E-state index is 12.8. The van der Waals surface area contributed by atoms with E-state index in [0.29, 0.717) is 51.4 Å². The van der Waals surface area contributed by atoms with E-state index in [0.717, 1.165) is 37.3 Å². The Morgan fingerprint density at radius 3 is 2.76 bits per heavy atom. The number of aliphatic hydroxyl groups excluding tert-OH is 1. The Balaban J connectivity index is 1.39. The lowest BCUT2D eigenvalue weighted by molar-refractivity contribution is -0.132. The van der Waals surface area contributed by atoms with Crippen LogP contribution < -0.4 is 9.64 Å². The molecule has 3 aliphatic heterocycles. The predicted molar refractivity (Wildman–Crippen MR) is 161 cm³/mol. The van der Waals surface area contributed by atoms with Gasteiger partial charge in [-0.15, -0.1) is 0 Å². The molecule has 4 heterocycles. The third kappa shape index (κ3) is 6.43. The van der Waals surface area contributed by atoms with Gasteiger partial charge in [-0.25, -0.2) is 0 Å². The van der Waals surface area contributed by atoms with Gasteiger partial charge in [-0.05, 0) is 63.9 Å². The van der Waals surface area contributed by atoms with Gasteiger partial charge >= 0.3 is 6.01 Å².